The van der Waals surface area contributed by atoms with E-state index < -0.39 is 10.0 Å². The number of hydrogen-bond donors (Lipinski definition) is 1. The van der Waals surface area contributed by atoms with Crippen molar-refractivity contribution in [1.82, 2.24) is 0 Å². The van der Waals surface area contributed by atoms with E-state index >= 15 is 0 Å². The summed E-state index contributed by atoms with van der Waals surface area (Å²) in [6.45, 7) is 4.92. The second-order valence-corrected chi connectivity index (χ2v) is 7.19. The average Bonchev–Trinajstić information content (AvgIpc) is 2.76. The van der Waals surface area contributed by atoms with Gasteiger partial charge in [0.1, 0.15) is 0 Å². The van der Waals surface area contributed by atoms with Crippen LogP contribution in [0.2, 0.25) is 0 Å². The van der Waals surface area contributed by atoms with Crippen molar-refractivity contribution in [2.24, 2.45) is 0 Å². The van der Waals surface area contributed by atoms with Gasteiger partial charge in [-0.3, -0.25) is 4.72 Å². The Morgan fingerprint density at radius 1 is 1.00 bits per heavy atom. The molecule has 1 heterocycles. The molecule has 0 bridgehead atoms. The monoisotopic (exact) mass is 333 g/mol. The van der Waals surface area contributed by atoms with Gasteiger partial charge in [-0.15, -0.1) is 0 Å². The van der Waals surface area contributed by atoms with Crippen LogP contribution in [0.5, 0.6) is 11.5 Å². The zero-order valence-electron chi connectivity index (χ0n) is 13.1. The Morgan fingerprint density at radius 3 is 2.52 bits per heavy atom. The van der Waals surface area contributed by atoms with Gasteiger partial charge >= 0.3 is 0 Å². The minimum absolute atomic E-state index is 0.155. The Kier molecular flexibility index (Phi) is 4.17. The van der Waals surface area contributed by atoms with Crippen LogP contribution in [0.4, 0.5) is 5.69 Å². The Balaban J connectivity index is 1.94. The summed E-state index contributed by atoms with van der Waals surface area (Å²) >= 11 is 0. The van der Waals surface area contributed by atoms with Crippen molar-refractivity contribution in [3.05, 3.63) is 47.5 Å². The lowest BCUT2D eigenvalue weighted by Gasteiger charge is -2.13. The molecule has 2 aromatic rings. The van der Waals surface area contributed by atoms with Crippen LogP contribution >= 0.6 is 0 Å². The third-order valence-corrected chi connectivity index (χ3v) is 5.24. The predicted molar refractivity (Wildman–Crippen MR) is 88.8 cm³/mol. The van der Waals surface area contributed by atoms with Crippen LogP contribution < -0.4 is 14.2 Å². The van der Waals surface area contributed by atoms with Crippen LogP contribution in [0, 0.1) is 13.8 Å². The molecule has 0 amide bonds. The van der Waals surface area contributed by atoms with Crippen molar-refractivity contribution in [3.8, 4) is 11.5 Å². The van der Waals surface area contributed by atoms with E-state index in [2.05, 4.69) is 4.72 Å². The first-order chi connectivity index (χ1) is 11.0. The van der Waals surface area contributed by atoms with Crippen molar-refractivity contribution in [2.75, 3.05) is 17.9 Å². The topological polar surface area (TPSA) is 64.6 Å². The number of hydrogen-bond acceptors (Lipinski definition) is 4. The molecule has 122 valence electrons. The molecule has 2 aromatic carbocycles. The molecule has 0 saturated carbocycles. The predicted octanol–water partition coefficient (Wildman–Crippen LogP) is 3.27. The zero-order valence-corrected chi connectivity index (χ0v) is 13.9. The summed E-state index contributed by atoms with van der Waals surface area (Å²) in [5, 5.41) is 0. The van der Waals surface area contributed by atoms with Crippen molar-refractivity contribution >= 4 is 15.7 Å². The van der Waals surface area contributed by atoms with Gasteiger partial charge in [0, 0.05) is 12.5 Å². The van der Waals surface area contributed by atoms with Gasteiger partial charge in [-0.2, -0.15) is 0 Å². The minimum atomic E-state index is -3.68. The maximum atomic E-state index is 12.6. The molecule has 1 aliphatic heterocycles. The fraction of sp³-hybridized carbons (Fsp3) is 0.294. The van der Waals surface area contributed by atoms with Gasteiger partial charge in [-0.05, 0) is 43.2 Å². The van der Waals surface area contributed by atoms with Crippen LogP contribution in [0.1, 0.15) is 17.5 Å². The van der Waals surface area contributed by atoms with Crippen LogP contribution in [0.25, 0.3) is 0 Å². The Hall–Kier alpha value is -2.21. The van der Waals surface area contributed by atoms with Crippen LogP contribution in [0.15, 0.2) is 41.3 Å². The molecule has 1 aliphatic rings. The summed E-state index contributed by atoms with van der Waals surface area (Å²) in [4.78, 5) is 0.155. The van der Waals surface area contributed by atoms with Gasteiger partial charge in [-0.1, -0.05) is 12.1 Å². The molecule has 0 aliphatic carbocycles. The second kappa shape index (κ2) is 6.12. The van der Waals surface area contributed by atoms with E-state index in [0.29, 0.717) is 30.4 Å². The highest BCUT2D eigenvalue weighted by Gasteiger charge is 2.19. The van der Waals surface area contributed by atoms with Gasteiger partial charge in [0.05, 0.1) is 23.8 Å². The van der Waals surface area contributed by atoms with Gasteiger partial charge in [-0.25, -0.2) is 8.42 Å². The van der Waals surface area contributed by atoms with Gasteiger partial charge in [0.2, 0.25) is 0 Å². The quantitative estimate of drug-likeness (QED) is 0.936. The number of sulfonamides is 1. The average molecular weight is 333 g/mol. The highest BCUT2D eigenvalue weighted by molar-refractivity contribution is 7.92. The van der Waals surface area contributed by atoms with Crippen LogP contribution in [-0.4, -0.2) is 21.6 Å². The minimum Gasteiger partial charge on any atom is -0.490 e. The first-order valence-corrected chi connectivity index (χ1v) is 8.94. The Morgan fingerprint density at radius 2 is 1.74 bits per heavy atom. The summed E-state index contributed by atoms with van der Waals surface area (Å²) in [6.07, 6.45) is 0.775. The molecule has 1 N–H and O–H groups in total. The summed E-state index contributed by atoms with van der Waals surface area (Å²) in [5.74, 6) is 1.04. The van der Waals surface area contributed by atoms with Crippen molar-refractivity contribution < 1.29 is 17.9 Å². The SMILES string of the molecule is Cc1cccc(NS(=O)(=O)c2ccc3c(c2)OCCCO3)c1C. The largest absolute Gasteiger partial charge is 0.490 e. The zero-order chi connectivity index (χ0) is 16.4. The van der Waals surface area contributed by atoms with E-state index in [1.54, 1.807) is 12.1 Å². The molecule has 3 rings (SSSR count). The number of ether oxygens (including phenoxy) is 2. The van der Waals surface area contributed by atoms with E-state index in [9.17, 15) is 8.42 Å². The van der Waals surface area contributed by atoms with Gasteiger partial charge in [0.15, 0.2) is 11.5 Å². The van der Waals surface area contributed by atoms with E-state index in [1.807, 2.05) is 26.0 Å². The third-order valence-electron chi connectivity index (χ3n) is 3.88. The normalized spacial score (nSPS) is 14.2. The van der Waals surface area contributed by atoms with Crippen molar-refractivity contribution in [1.29, 1.82) is 0 Å². The summed E-state index contributed by atoms with van der Waals surface area (Å²) in [7, 11) is -3.68. The standard InChI is InChI=1S/C17H19NO4S/c1-12-5-3-6-15(13(12)2)18-23(19,20)14-7-8-16-17(11-14)22-10-4-9-21-16/h3,5-8,11,18H,4,9-10H2,1-2H3. The Bertz CT molecular complexity index is 830. The molecule has 0 unspecified atom stereocenters. The first-order valence-electron chi connectivity index (χ1n) is 7.46. The fourth-order valence-corrected chi connectivity index (χ4v) is 3.51. The maximum absolute atomic E-state index is 12.6. The molecular weight excluding hydrogens is 314 g/mol. The molecule has 23 heavy (non-hydrogen) atoms. The van der Waals surface area contributed by atoms with Gasteiger partial charge < -0.3 is 9.47 Å². The number of anilines is 1. The summed E-state index contributed by atoms with van der Waals surface area (Å²) in [5.41, 5.74) is 2.52. The first kappa shape index (κ1) is 15.7. The number of fused-ring (bicyclic) bond motifs is 1. The fourth-order valence-electron chi connectivity index (χ4n) is 2.38. The van der Waals surface area contributed by atoms with Crippen LogP contribution in [-0.2, 0) is 10.0 Å². The Labute approximate surface area is 136 Å². The third kappa shape index (κ3) is 3.27. The van der Waals surface area contributed by atoms with Crippen LogP contribution in [0.3, 0.4) is 0 Å². The number of rotatable bonds is 3. The van der Waals surface area contributed by atoms with Crippen molar-refractivity contribution in [3.63, 3.8) is 0 Å². The number of aryl methyl sites for hydroxylation is 1. The highest BCUT2D eigenvalue weighted by atomic mass is 32.2. The summed E-state index contributed by atoms with van der Waals surface area (Å²) in [6, 6.07) is 10.2. The van der Waals surface area contributed by atoms with E-state index in [0.717, 1.165) is 17.5 Å². The molecule has 0 aromatic heterocycles. The van der Waals surface area contributed by atoms with E-state index in [-0.39, 0.29) is 4.90 Å². The molecule has 0 radical (unpaired) electrons. The number of benzene rings is 2. The molecular formula is C17H19NO4S. The lowest BCUT2D eigenvalue weighted by atomic mass is 10.1. The van der Waals surface area contributed by atoms with Gasteiger partial charge in [0.25, 0.3) is 10.0 Å². The molecule has 0 fully saturated rings. The maximum Gasteiger partial charge on any atom is 0.262 e. The number of nitrogens with one attached hydrogen (secondary N) is 1. The molecule has 0 saturated heterocycles. The highest BCUT2D eigenvalue weighted by Crippen LogP contribution is 2.32. The lowest BCUT2D eigenvalue weighted by Crippen LogP contribution is -2.14. The van der Waals surface area contributed by atoms with E-state index in [4.69, 9.17) is 9.47 Å². The molecule has 0 atom stereocenters. The molecule has 5 nitrogen and oxygen atoms in total. The second-order valence-electron chi connectivity index (χ2n) is 5.51. The van der Waals surface area contributed by atoms with E-state index in [1.165, 1.54) is 12.1 Å². The van der Waals surface area contributed by atoms with Crippen molar-refractivity contribution in [2.45, 2.75) is 25.2 Å². The summed E-state index contributed by atoms with van der Waals surface area (Å²) < 4.78 is 39.0. The molecule has 6 heteroatoms. The molecule has 0 spiro atoms. The lowest BCUT2D eigenvalue weighted by molar-refractivity contribution is 0.297. The smallest absolute Gasteiger partial charge is 0.262 e.